The lowest BCUT2D eigenvalue weighted by Crippen LogP contribution is -2.63. The highest BCUT2D eigenvalue weighted by molar-refractivity contribution is 7.79. The van der Waals surface area contributed by atoms with Crippen molar-refractivity contribution in [2.75, 3.05) is 59.0 Å². The highest BCUT2D eigenvalue weighted by atomic mass is 32.3. The normalized spacial score (nSPS) is 24.5. The number of aromatic hydroxyl groups is 1. The van der Waals surface area contributed by atoms with Crippen LogP contribution in [0, 0.1) is 11.8 Å². The number of rotatable bonds is 6. The Kier molecular flexibility index (Phi) is 9.74. The van der Waals surface area contributed by atoms with E-state index in [1.807, 2.05) is 0 Å². The van der Waals surface area contributed by atoms with E-state index in [1.54, 1.807) is 58.2 Å². The number of allylic oxidation sites excluding steroid dienone is 1. The SMILES string of the molecule is CN(C)CC(=O)Nc1cc(N(C)C)c2c(c1O)C(=O)C1=C(O)[C@]3(O)C(=O)C(C(N)=O)=C(O)[C@@H](N(C)C)C3CC1C2.O=S(=O)(O)O. The number of primary amides is 1. The molecule has 0 spiro atoms. The van der Waals surface area contributed by atoms with Gasteiger partial charge in [-0.3, -0.25) is 33.2 Å². The van der Waals surface area contributed by atoms with Crippen LogP contribution in [0.2, 0.25) is 0 Å². The zero-order valence-corrected chi connectivity index (χ0v) is 26.2. The largest absolute Gasteiger partial charge is 0.510 e. The lowest BCUT2D eigenvalue weighted by Gasteiger charge is -2.50. The Labute approximate surface area is 258 Å². The van der Waals surface area contributed by atoms with Gasteiger partial charge in [-0.25, -0.2) is 0 Å². The van der Waals surface area contributed by atoms with Gasteiger partial charge in [0.2, 0.25) is 11.7 Å². The minimum absolute atomic E-state index is 0.0132. The summed E-state index contributed by atoms with van der Waals surface area (Å²) in [4.78, 5) is 56.9. The topological polar surface area (TPSA) is 272 Å². The molecule has 4 rings (SSSR count). The van der Waals surface area contributed by atoms with Gasteiger partial charge in [-0.15, -0.1) is 0 Å². The van der Waals surface area contributed by atoms with Crippen LogP contribution in [0.5, 0.6) is 5.75 Å². The van der Waals surface area contributed by atoms with Crippen molar-refractivity contribution in [1.82, 2.24) is 9.80 Å². The number of fused-ring (bicyclic) bond motifs is 3. The Morgan fingerprint density at radius 3 is 2.09 bits per heavy atom. The second-order valence-corrected chi connectivity index (χ2v) is 12.6. The molecule has 17 nitrogen and oxygen atoms in total. The lowest BCUT2D eigenvalue weighted by atomic mass is 9.58. The number of likely N-dealkylation sites (N-methyl/N-ethyl adjacent to an activating group) is 2. The first-order valence-electron chi connectivity index (χ1n) is 13.4. The molecule has 9 N–H and O–H groups in total. The molecule has 0 saturated carbocycles. The Hall–Kier alpha value is -4.07. The van der Waals surface area contributed by atoms with Gasteiger partial charge in [0.15, 0.2) is 17.1 Å². The summed E-state index contributed by atoms with van der Waals surface area (Å²) in [7, 11) is 5.35. The van der Waals surface area contributed by atoms with Gasteiger partial charge >= 0.3 is 10.4 Å². The number of nitrogens with one attached hydrogen (secondary N) is 1. The maximum atomic E-state index is 14.0. The molecule has 0 heterocycles. The van der Waals surface area contributed by atoms with E-state index in [1.165, 1.54) is 4.90 Å². The molecular weight excluding hydrogens is 618 g/mol. The van der Waals surface area contributed by atoms with Crippen LogP contribution in [-0.4, -0.2) is 132 Å². The molecule has 1 aromatic rings. The van der Waals surface area contributed by atoms with Crippen molar-refractivity contribution in [3.63, 3.8) is 0 Å². The first-order valence-corrected chi connectivity index (χ1v) is 14.8. The summed E-state index contributed by atoms with van der Waals surface area (Å²) >= 11 is 0. The third-order valence-electron chi connectivity index (χ3n) is 7.91. The minimum Gasteiger partial charge on any atom is -0.510 e. The quantitative estimate of drug-likeness (QED) is 0.104. The maximum Gasteiger partial charge on any atom is 0.394 e. The number of ketones is 2. The molecule has 1 aromatic carbocycles. The zero-order valence-electron chi connectivity index (χ0n) is 25.4. The second kappa shape index (κ2) is 12.4. The number of phenolic OH excluding ortho intramolecular Hbond substituents is 1. The molecule has 0 saturated heterocycles. The van der Waals surface area contributed by atoms with Crippen LogP contribution in [0.3, 0.4) is 0 Å². The van der Waals surface area contributed by atoms with Gasteiger partial charge in [0.05, 0.1) is 23.8 Å². The van der Waals surface area contributed by atoms with Crippen LogP contribution in [0.15, 0.2) is 28.7 Å². The molecule has 4 atom stereocenters. The van der Waals surface area contributed by atoms with Crippen molar-refractivity contribution in [3.05, 3.63) is 39.9 Å². The number of amides is 2. The van der Waals surface area contributed by atoms with E-state index in [2.05, 4.69) is 5.32 Å². The van der Waals surface area contributed by atoms with Crippen molar-refractivity contribution in [1.29, 1.82) is 0 Å². The minimum atomic E-state index is -4.67. The summed E-state index contributed by atoms with van der Waals surface area (Å²) in [5, 5.41) is 47.8. The van der Waals surface area contributed by atoms with Crippen molar-refractivity contribution in [2.45, 2.75) is 24.5 Å². The average Bonchev–Trinajstić information content (AvgIpc) is 2.85. The van der Waals surface area contributed by atoms with Crippen LogP contribution in [0.1, 0.15) is 22.3 Å². The summed E-state index contributed by atoms with van der Waals surface area (Å²) in [6.07, 6.45) is 0.127. The van der Waals surface area contributed by atoms with Crippen molar-refractivity contribution in [2.24, 2.45) is 17.6 Å². The molecule has 248 valence electrons. The lowest BCUT2D eigenvalue weighted by molar-refractivity contribution is -0.148. The van der Waals surface area contributed by atoms with Gasteiger partial charge in [-0.2, -0.15) is 8.42 Å². The van der Waals surface area contributed by atoms with Crippen LogP contribution in [0.4, 0.5) is 11.4 Å². The number of hydrogen-bond donors (Lipinski definition) is 8. The number of phenols is 1. The molecular formula is C27H37N5O12S. The summed E-state index contributed by atoms with van der Waals surface area (Å²) in [6.45, 7) is 0.0158. The first kappa shape index (κ1) is 35.4. The summed E-state index contributed by atoms with van der Waals surface area (Å²) in [5.74, 6) is -7.73. The second-order valence-electron chi connectivity index (χ2n) is 11.7. The van der Waals surface area contributed by atoms with Gasteiger partial charge in [-0.1, -0.05) is 0 Å². The number of aliphatic hydroxyl groups excluding tert-OH is 2. The van der Waals surface area contributed by atoms with Gasteiger partial charge in [0.25, 0.3) is 5.91 Å². The smallest absolute Gasteiger partial charge is 0.394 e. The zero-order chi connectivity index (χ0) is 34.5. The van der Waals surface area contributed by atoms with E-state index in [9.17, 15) is 39.6 Å². The Morgan fingerprint density at radius 1 is 1.07 bits per heavy atom. The van der Waals surface area contributed by atoms with E-state index in [0.717, 1.165) is 0 Å². The van der Waals surface area contributed by atoms with E-state index in [-0.39, 0.29) is 36.2 Å². The van der Waals surface area contributed by atoms with Gasteiger partial charge in [0, 0.05) is 31.3 Å². The number of Topliss-reactive ketones (excluding diaryl/α,β-unsaturated/α-hetero) is 2. The van der Waals surface area contributed by atoms with Gasteiger partial charge in [-0.05, 0) is 58.6 Å². The predicted octanol–water partition coefficient (Wildman–Crippen LogP) is -0.966. The van der Waals surface area contributed by atoms with Gasteiger partial charge < -0.3 is 41.3 Å². The Balaban J connectivity index is 0.00000102. The van der Waals surface area contributed by atoms with E-state index >= 15 is 0 Å². The number of carbonyl (C=O) groups excluding carboxylic acids is 4. The van der Waals surface area contributed by atoms with E-state index in [0.29, 0.717) is 11.3 Å². The molecule has 2 unspecified atom stereocenters. The molecule has 2 amide bonds. The number of benzene rings is 1. The summed E-state index contributed by atoms with van der Waals surface area (Å²) < 4.78 is 31.6. The molecule has 3 aliphatic rings. The molecule has 0 aromatic heterocycles. The number of carbonyl (C=O) groups is 4. The molecule has 45 heavy (non-hydrogen) atoms. The Morgan fingerprint density at radius 2 is 1.62 bits per heavy atom. The fraction of sp³-hybridized carbons (Fsp3) is 0.481. The molecule has 3 aliphatic carbocycles. The molecule has 18 heteroatoms. The number of nitrogens with zero attached hydrogens (tertiary/aromatic N) is 3. The van der Waals surface area contributed by atoms with Crippen molar-refractivity contribution in [3.8, 4) is 5.75 Å². The van der Waals surface area contributed by atoms with E-state index < -0.39 is 80.1 Å². The van der Waals surface area contributed by atoms with Crippen molar-refractivity contribution < 1.29 is 57.1 Å². The third kappa shape index (κ3) is 6.51. The fourth-order valence-electron chi connectivity index (χ4n) is 6.27. The number of nitrogens with two attached hydrogens (primary N) is 1. The standard InChI is InChI=1S/C27H35N5O8.H2O4S/c1-30(2)10-16(33)29-14-9-15(31(3)4)12-7-11-8-13-20(32(5)6)23(36)19(26(28)39)25(38)27(13,40)24(37)17(11)22(35)18(12)21(14)34;1-5(2,3)4/h9,11,13,20,34,36-37,40H,7-8,10H2,1-6H3,(H2,28,39)(H,29,33);(H2,1,2,3,4)/t11?,13?,20-,27-;/m0./s1. The molecule has 0 fully saturated rings. The Bertz CT molecular complexity index is 1620. The fourth-order valence-corrected chi connectivity index (χ4v) is 6.27. The molecule has 0 bridgehead atoms. The number of aliphatic hydroxyl groups is 3. The maximum absolute atomic E-state index is 14.0. The number of anilines is 2. The summed E-state index contributed by atoms with van der Waals surface area (Å²) in [5.41, 5.74) is 2.33. The van der Waals surface area contributed by atoms with Crippen LogP contribution < -0.4 is 16.0 Å². The third-order valence-corrected chi connectivity index (χ3v) is 7.91. The van der Waals surface area contributed by atoms with Crippen LogP contribution >= 0.6 is 0 Å². The van der Waals surface area contributed by atoms with Crippen LogP contribution in [-0.2, 0) is 31.2 Å². The summed E-state index contributed by atoms with van der Waals surface area (Å²) in [6, 6.07) is 0.491. The highest BCUT2D eigenvalue weighted by Crippen LogP contribution is 2.53. The molecule has 0 aliphatic heterocycles. The average molecular weight is 656 g/mol. The monoisotopic (exact) mass is 655 g/mol. The number of hydrogen-bond acceptors (Lipinski definition) is 13. The first-order chi connectivity index (χ1) is 20.5. The van der Waals surface area contributed by atoms with Crippen LogP contribution in [0.25, 0.3) is 0 Å². The molecule has 0 radical (unpaired) electrons. The van der Waals surface area contributed by atoms with Gasteiger partial charge in [0.1, 0.15) is 17.1 Å². The van der Waals surface area contributed by atoms with Crippen molar-refractivity contribution >= 4 is 45.2 Å². The highest BCUT2D eigenvalue weighted by Gasteiger charge is 2.63. The predicted molar refractivity (Wildman–Crippen MR) is 159 cm³/mol. The van der Waals surface area contributed by atoms with E-state index in [4.69, 9.17) is 23.3 Å².